The highest BCUT2D eigenvalue weighted by molar-refractivity contribution is 6.35. The van der Waals surface area contributed by atoms with E-state index in [1.54, 1.807) is 32.2 Å². The fraction of sp³-hybridized carbons (Fsp3) is 0.438. The molecular formula is C32H38Cl2N4O7. The van der Waals surface area contributed by atoms with Crippen molar-refractivity contribution in [2.24, 2.45) is 0 Å². The van der Waals surface area contributed by atoms with Crippen molar-refractivity contribution in [3.05, 3.63) is 63.8 Å². The van der Waals surface area contributed by atoms with Gasteiger partial charge in [0.1, 0.15) is 18.3 Å². The Hall–Kier alpha value is -3.80. The van der Waals surface area contributed by atoms with Crippen molar-refractivity contribution in [2.45, 2.75) is 32.2 Å². The van der Waals surface area contributed by atoms with Gasteiger partial charge >= 0.3 is 5.97 Å². The number of aromatic amines is 1. The molecule has 1 aliphatic rings. The van der Waals surface area contributed by atoms with E-state index in [0.717, 1.165) is 22.0 Å². The van der Waals surface area contributed by atoms with Crippen LogP contribution in [0.25, 0.3) is 10.9 Å². The van der Waals surface area contributed by atoms with E-state index in [1.165, 1.54) is 21.8 Å². The first-order valence-corrected chi connectivity index (χ1v) is 15.5. The Morgan fingerprint density at radius 2 is 1.84 bits per heavy atom. The van der Waals surface area contributed by atoms with Crippen molar-refractivity contribution >= 4 is 57.8 Å². The van der Waals surface area contributed by atoms with Crippen molar-refractivity contribution < 1.29 is 33.4 Å². The number of aromatic nitrogens is 1. The van der Waals surface area contributed by atoms with Crippen molar-refractivity contribution in [3.63, 3.8) is 0 Å². The maximum atomic E-state index is 13.8. The molecule has 0 aliphatic carbocycles. The smallest absolute Gasteiger partial charge is 0.325 e. The minimum Gasteiger partial charge on any atom is -0.497 e. The van der Waals surface area contributed by atoms with Crippen molar-refractivity contribution in [2.75, 3.05) is 60.2 Å². The summed E-state index contributed by atoms with van der Waals surface area (Å²) < 4.78 is 15.7. The number of carbonyl (C=O) groups is 4. The Kier molecular flexibility index (Phi) is 12.1. The van der Waals surface area contributed by atoms with Gasteiger partial charge in [-0.25, -0.2) is 0 Å². The van der Waals surface area contributed by atoms with Crippen LogP contribution in [-0.4, -0.2) is 110 Å². The van der Waals surface area contributed by atoms with Crippen LogP contribution in [0.15, 0.2) is 42.6 Å². The summed E-state index contributed by atoms with van der Waals surface area (Å²) in [6, 6.07) is 9.73. The molecule has 0 radical (unpaired) electrons. The minimum atomic E-state index is -1.06. The predicted molar refractivity (Wildman–Crippen MR) is 171 cm³/mol. The number of nitrogens with zero attached hydrogens (tertiary/aromatic N) is 3. The van der Waals surface area contributed by atoms with Gasteiger partial charge < -0.3 is 33.9 Å². The fourth-order valence-corrected chi connectivity index (χ4v) is 5.89. The van der Waals surface area contributed by atoms with Crippen molar-refractivity contribution in [1.29, 1.82) is 0 Å². The lowest BCUT2D eigenvalue weighted by atomic mass is 10.0. The molecule has 1 fully saturated rings. The van der Waals surface area contributed by atoms with Gasteiger partial charge in [0, 0.05) is 53.9 Å². The van der Waals surface area contributed by atoms with E-state index in [1.807, 2.05) is 24.4 Å². The van der Waals surface area contributed by atoms with E-state index in [2.05, 4.69) is 4.98 Å². The van der Waals surface area contributed by atoms with Crippen molar-refractivity contribution in [1.82, 2.24) is 19.7 Å². The molecule has 0 saturated carbocycles. The van der Waals surface area contributed by atoms with Crippen LogP contribution in [0.4, 0.5) is 0 Å². The number of fused-ring (bicyclic) bond motifs is 1. The number of ether oxygens (including phenoxy) is 3. The number of amides is 3. The second-order valence-electron chi connectivity index (χ2n) is 10.6. The summed E-state index contributed by atoms with van der Waals surface area (Å²) in [7, 11) is 3.09. The average Bonchev–Trinajstić information content (AvgIpc) is 3.42. The molecule has 3 aromatic rings. The maximum Gasteiger partial charge on any atom is 0.325 e. The number of benzene rings is 2. The number of esters is 1. The molecule has 242 valence electrons. The molecule has 2 aromatic carbocycles. The number of methoxy groups -OCH3 is 2. The maximum absolute atomic E-state index is 13.8. The van der Waals surface area contributed by atoms with Crippen LogP contribution in [0.5, 0.6) is 5.75 Å². The molecule has 45 heavy (non-hydrogen) atoms. The van der Waals surface area contributed by atoms with E-state index in [0.29, 0.717) is 28.6 Å². The number of hydrogen-bond acceptors (Lipinski definition) is 7. The topological polar surface area (TPSA) is 121 Å². The van der Waals surface area contributed by atoms with Gasteiger partial charge in [-0.15, -0.1) is 0 Å². The van der Waals surface area contributed by atoms with Gasteiger partial charge in [0.05, 0.1) is 33.3 Å². The zero-order chi connectivity index (χ0) is 32.5. The van der Waals surface area contributed by atoms with Crippen LogP contribution >= 0.6 is 23.2 Å². The highest BCUT2D eigenvalue weighted by Gasteiger charge is 2.41. The number of nitrogens with one attached hydrogen (secondary N) is 1. The third kappa shape index (κ3) is 8.68. The van der Waals surface area contributed by atoms with Gasteiger partial charge in [0.25, 0.3) is 0 Å². The van der Waals surface area contributed by atoms with E-state index in [9.17, 15) is 19.2 Å². The van der Waals surface area contributed by atoms with Gasteiger partial charge in [-0.1, -0.05) is 29.3 Å². The summed E-state index contributed by atoms with van der Waals surface area (Å²) in [5, 5.41) is 1.90. The second-order valence-corrected chi connectivity index (χ2v) is 11.5. The lowest BCUT2D eigenvalue weighted by Gasteiger charge is -2.40. The molecule has 13 heteroatoms. The molecule has 0 spiro atoms. The van der Waals surface area contributed by atoms with Crippen LogP contribution in [0.3, 0.4) is 0 Å². The minimum absolute atomic E-state index is 0.130. The monoisotopic (exact) mass is 660 g/mol. The summed E-state index contributed by atoms with van der Waals surface area (Å²) in [6.07, 6.45) is 2.39. The van der Waals surface area contributed by atoms with Crippen LogP contribution in [-0.2, 0) is 41.5 Å². The molecule has 1 aromatic heterocycles. The van der Waals surface area contributed by atoms with E-state index in [4.69, 9.17) is 37.4 Å². The molecule has 3 amide bonds. The number of carbonyl (C=O) groups excluding carboxylic acids is 4. The lowest BCUT2D eigenvalue weighted by Crippen LogP contribution is -2.61. The van der Waals surface area contributed by atoms with Gasteiger partial charge in [-0.3, -0.25) is 19.2 Å². The fourth-order valence-electron chi connectivity index (χ4n) is 5.38. The Morgan fingerprint density at radius 3 is 2.56 bits per heavy atom. The first-order valence-electron chi connectivity index (χ1n) is 14.7. The highest BCUT2D eigenvalue weighted by Crippen LogP contribution is 2.25. The molecule has 1 aliphatic heterocycles. The Bertz CT molecular complexity index is 1530. The predicted octanol–water partition coefficient (Wildman–Crippen LogP) is 3.74. The molecule has 11 nitrogen and oxygen atoms in total. The summed E-state index contributed by atoms with van der Waals surface area (Å²) >= 11 is 12.3. The van der Waals surface area contributed by atoms with E-state index < -0.39 is 17.9 Å². The lowest BCUT2D eigenvalue weighted by molar-refractivity contribution is -0.159. The molecular weight excluding hydrogens is 623 g/mol. The van der Waals surface area contributed by atoms with Crippen LogP contribution in [0, 0.1) is 0 Å². The normalized spacial score (nSPS) is 15.1. The van der Waals surface area contributed by atoms with Gasteiger partial charge in [0.2, 0.25) is 17.7 Å². The molecule has 1 saturated heterocycles. The summed E-state index contributed by atoms with van der Waals surface area (Å²) in [5.41, 5.74) is 2.63. The van der Waals surface area contributed by atoms with Gasteiger partial charge in [-0.05, 0) is 61.2 Å². The first-order chi connectivity index (χ1) is 21.6. The van der Waals surface area contributed by atoms with Crippen molar-refractivity contribution in [3.8, 4) is 5.75 Å². The number of halogens is 2. The Balaban J connectivity index is 1.53. The number of rotatable bonds is 15. The van der Waals surface area contributed by atoms with Crippen LogP contribution in [0.1, 0.15) is 24.5 Å². The Morgan fingerprint density at radius 1 is 1.04 bits per heavy atom. The quantitative estimate of drug-likeness (QED) is 0.247. The molecule has 1 N–H and O–H groups in total. The SMILES string of the molecule is CCOC(=O)CN(CCc1c[nH]c2ccc(OC)cc12)C(=O)CC1C(=O)N(CCc2ccc(Cl)cc2Cl)CC(=O)N1CCOC. The van der Waals surface area contributed by atoms with Crippen LogP contribution in [0.2, 0.25) is 10.0 Å². The van der Waals surface area contributed by atoms with Crippen LogP contribution < -0.4 is 4.74 Å². The largest absolute Gasteiger partial charge is 0.497 e. The molecule has 1 unspecified atom stereocenters. The summed E-state index contributed by atoms with van der Waals surface area (Å²) in [4.78, 5) is 60.9. The number of hydrogen-bond donors (Lipinski definition) is 1. The molecule has 0 bridgehead atoms. The molecule has 4 rings (SSSR count). The third-order valence-electron chi connectivity index (χ3n) is 7.79. The average molecular weight is 662 g/mol. The summed E-state index contributed by atoms with van der Waals surface area (Å²) in [5.74, 6) is -0.963. The number of piperazine rings is 1. The third-order valence-corrected chi connectivity index (χ3v) is 8.38. The second kappa shape index (κ2) is 16.0. The molecule has 2 heterocycles. The summed E-state index contributed by atoms with van der Waals surface area (Å²) in [6.45, 7) is 2.19. The van der Waals surface area contributed by atoms with Gasteiger partial charge in [-0.2, -0.15) is 0 Å². The zero-order valence-electron chi connectivity index (χ0n) is 25.6. The number of H-pyrrole nitrogens is 1. The standard InChI is InChI=1S/C32H38Cl2N4O7/c1-4-45-31(41)20-36(11-10-22-18-35-27-8-7-24(44-3)16-25(22)27)29(39)17-28-32(42)37(19-30(40)38(28)13-14-43-2)12-9-21-5-6-23(33)15-26(21)34/h5-8,15-16,18,28,35H,4,9-14,17,19-20H2,1-3H3. The highest BCUT2D eigenvalue weighted by atomic mass is 35.5. The zero-order valence-corrected chi connectivity index (χ0v) is 27.2. The van der Waals surface area contributed by atoms with E-state index in [-0.39, 0.29) is 64.2 Å². The van der Waals surface area contributed by atoms with E-state index >= 15 is 0 Å². The van der Waals surface area contributed by atoms with Gasteiger partial charge in [0.15, 0.2) is 0 Å². The molecule has 1 atom stereocenters. The first kappa shape index (κ1) is 34.1. The Labute approximate surface area is 272 Å².